The third-order valence-corrected chi connectivity index (χ3v) is 3.70. The van der Waals surface area contributed by atoms with Crippen molar-refractivity contribution in [1.82, 2.24) is 14.5 Å². The molecule has 3 aromatic rings. The Balaban J connectivity index is 1.90. The molecule has 0 aliphatic rings. The molecule has 0 fully saturated rings. The number of nitrogens with two attached hydrogens (primary N) is 1. The van der Waals surface area contributed by atoms with E-state index in [1.165, 1.54) is 0 Å². The number of aryl methyl sites for hydroxylation is 2. The van der Waals surface area contributed by atoms with Gasteiger partial charge in [0.2, 0.25) is 0 Å². The van der Waals surface area contributed by atoms with Crippen LogP contribution in [0.1, 0.15) is 17.8 Å². The Kier molecular flexibility index (Phi) is 4.52. The summed E-state index contributed by atoms with van der Waals surface area (Å²) in [5.74, 6) is 1.63. The molecule has 2 heterocycles. The largest absolute Gasteiger partial charge is 0.486 e. The van der Waals surface area contributed by atoms with Crippen molar-refractivity contribution in [3.05, 3.63) is 54.0 Å². The summed E-state index contributed by atoms with van der Waals surface area (Å²) in [6, 6.07) is 11.7. The Morgan fingerprint density at radius 2 is 2.09 bits per heavy atom. The number of hydrogen-bond donors (Lipinski definition) is 1. The SMILES string of the molecule is Cc1cnc2c(c1)nc(COc1ccccc1)n2CCC(N)=S. The van der Waals surface area contributed by atoms with Crippen molar-refractivity contribution in [2.75, 3.05) is 0 Å². The van der Waals surface area contributed by atoms with Gasteiger partial charge in [-0.3, -0.25) is 0 Å². The van der Waals surface area contributed by atoms with E-state index in [9.17, 15) is 0 Å². The molecular formula is C17H18N4OS. The molecule has 0 spiro atoms. The van der Waals surface area contributed by atoms with Crippen LogP contribution in [0.15, 0.2) is 42.6 Å². The summed E-state index contributed by atoms with van der Waals surface area (Å²) in [6.07, 6.45) is 2.44. The fourth-order valence-electron chi connectivity index (χ4n) is 2.39. The Labute approximate surface area is 140 Å². The Morgan fingerprint density at radius 3 is 2.83 bits per heavy atom. The van der Waals surface area contributed by atoms with Crippen LogP contribution in [0.5, 0.6) is 5.75 Å². The molecule has 0 amide bonds. The molecule has 2 aromatic heterocycles. The highest BCUT2D eigenvalue weighted by Crippen LogP contribution is 2.18. The average Bonchev–Trinajstić information content (AvgIpc) is 2.88. The maximum absolute atomic E-state index is 5.82. The molecule has 2 N–H and O–H groups in total. The van der Waals surface area contributed by atoms with Gasteiger partial charge in [-0.15, -0.1) is 0 Å². The van der Waals surface area contributed by atoms with Gasteiger partial charge in [0.05, 0.1) is 4.99 Å². The van der Waals surface area contributed by atoms with Crippen molar-refractivity contribution >= 4 is 28.4 Å². The molecule has 3 rings (SSSR count). The minimum Gasteiger partial charge on any atom is -0.486 e. The van der Waals surface area contributed by atoms with Gasteiger partial charge < -0.3 is 15.0 Å². The summed E-state index contributed by atoms with van der Waals surface area (Å²) >= 11 is 4.99. The maximum atomic E-state index is 5.82. The van der Waals surface area contributed by atoms with Crippen LogP contribution in [0, 0.1) is 6.92 Å². The van der Waals surface area contributed by atoms with Crippen molar-refractivity contribution in [2.45, 2.75) is 26.5 Å². The molecule has 0 radical (unpaired) electrons. The first-order valence-electron chi connectivity index (χ1n) is 7.41. The van der Waals surface area contributed by atoms with E-state index >= 15 is 0 Å². The lowest BCUT2D eigenvalue weighted by molar-refractivity contribution is 0.290. The summed E-state index contributed by atoms with van der Waals surface area (Å²) in [5, 5.41) is 0. The number of rotatable bonds is 6. The summed E-state index contributed by atoms with van der Waals surface area (Å²) in [6.45, 7) is 3.02. The summed E-state index contributed by atoms with van der Waals surface area (Å²) < 4.78 is 7.85. The predicted octanol–water partition coefficient (Wildman–Crippen LogP) is 2.99. The monoisotopic (exact) mass is 326 g/mol. The van der Waals surface area contributed by atoms with Crippen molar-refractivity contribution < 1.29 is 4.74 Å². The zero-order chi connectivity index (χ0) is 16.2. The molecule has 0 aliphatic heterocycles. The second-order valence-electron chi connectivity index (χ2n) is 5.35. The van der Waals surface area contributed by atoms with Crippen LogP contribution in [0.3, 0.4) is 0 Å². The number of imidazole rings is 1. The maximum Gasteiger partial charge on any atom is 0.160 e. The fraction of sp³-hybridized carbons (Fsp3) is 0.235. The Bertz CT molecular complexity index is 829. The number of para-hydroxylation sites is 1. The second kappa shape index (κ2) is 6.75. The van der Waals surface area contributed by atoms with E-state index in [1.54, 1.807) is 0 Å². The smallest absolute Gasteiger partial charge is 0.160 e. The standard InChI is InChI=1S/C17H18N4OS/c1-12-9-14-17(19-10-12)21(8-7-15(18)23)16(20-14)11-22-13-5-3-2-4-6-13/h2-6,9-10H,7-8,11H2,1H3,(H2,18,23). The molecule has 23 heavy (non-hydrogen) atoms. The number of aromatic nitrogens is 3. The van der Waals surface area contributed by atoms with Gasteiger partial charge in [-0.2, -0.15) is 0 Å². The number of benzene rings is 1. The first-order chi connectivity index (χ1) is 11.1. The van der Waals surface area contributed by atoms with E-state index < -0.39 is 0 Å². The van der Waals surface area contributed by atoms with Crippen molar-refractivity contribution in [3.8, 4) is 5.75 Å². The lowest BCUT2D eigenvalue weighted by Gasteiger charge is -2.09. The van der Waals surface area contributed by atoms with Crippen LogP contribution in [-0.4, -0.2) is 19.5 Å². The molecule has 0 saturated heterocycles. The van der Waals surface area contributed by atoms with Crippen molar-refractivity contribution in [1.29, 1.82) is 0 Å². The average molecular weight is 326 g/mol. The summed E-state index contributed by atoms with van der Waals surface area (Å²) in [7, 11) is 0. The second-order valence-corrected chi connectivity index (χ2v) is 5.88. The third kappa shape index (κ3) is 3.65. The third-order valence-electron chi connectivity index (χ3n) is 3.49. The number of fused-ring (bicyclic) bond motifs is 1. The normalized spacial score (nSPS) is 10.8. The Hall–Kier alpha value is -2.47. The van der Waals surface area contributed by atoms with Gasteiger partial charge in [0.25, 0.3) is 0 Å². The van der Waals surface area contributed by atoms with E-state index in [0.717, 1.165) is 28.3 Å². The molecule has 0 atom stereocenters. The molecule has 118 valence electrons. The summed E-state index contributed by atoms with van der Waals surface area (Å²) in [4.78, 5) is 9.63. The van der Waals surface area contributed by atoms with E-state index in [1.807, 2.05) is 54.1 Å². The quantitative estimate of drug-likeness (QED) is 0.705. The lowest BCUT2D eigenvalue weighted by Crippen LogP contribution is -2.14. The zero-order valence-corrected chi connectivity index (χ0v) is 13.7. The van der Waals surface area contributed by atoms with Crippen LogP contribution >= 0.6 is 12.2 Å². The number of thiocarbonyl (C=S) groups is 1. The topological polar surface area (TPSA) is 66.0 Å². The predicted molar refractivity (Wildman–Crippen MR) is 94.4 cm³/mol. The molecule has 0 bridgehead atoms. The Morgan fingerprint density at radius 1 is 1.30 bits per heavy atom. The van der Waals surface area contributed by atoms with Gasteiger partial charge in [-0.25, -0.2) is 9.97 Å². The van der Waals surface area contributed by atoms with Crippen LogP contribution in [-0.2, 0) is 13.2 Å². The number of hydrogen-bond acceptors (Lipinski definition) is 4. The number of nitrogens with zero attached hydrogens (tertiary/aromatic N) is 3. The van der Waals surface area contributed by atoms with Crippen LogP contribution in [0.4, 0.5) is 0 Å². The first-order valence-corrected chi connectivity index (χ1v) is 7.82. The first kappa shape index (κ1) is 15.4. The van der Waals surface area contributed by atoms with Crippen LogP contribution in [0.25, 0.3) is 11.2 Å². The van der Waals surface area contributed by atoms with Gasteiger partial charge in [0.1, 0.15) is 23.7 Å². The highest BCUT2D eigenvalue weighted by atomic mass is 32.1. The van der Waals surface area contributed by atoms with E-state index in [-0.39, 0.29) is 0 Å². The van der Waals surface area contributed by atoms with Crippen molar-refractivity contribution in [3.63, 3.8) is 0 Å². The van der Waals surface area contributed by atoms with Gasteiger partial charge in [-0.05, 0) is 30.7 Å². The van der Waals surface area contributed by atoms with E-state index in [0.29, 0.717) is 24.6 Å². The van der Waals surface area contributed by atoms with E-state index in [4.69, 9.17) is 22.7 Å². The van der Waals surface area contributed by atoms with Gasteiger partial charge >= 0.3 is 0 Å². The molecule has 0 unspecified atom stereocenters. The fourth-order valence-corrected chi connectivity index (χ4v) is 2.48. The minimum atomic E-state index is 0.372. The highest BCUT2D eigenvalue weighted by molar-refractivity contribution is 7.80. The van der Waals surface area contributed by atoms with Gasteiger partial charge in [-0.1, -0.05) is 30.4 Å². The molecule has 0 aliphatic carbocycles. The van der Waals surface area contributed by atoms with Crippen LogP contribution < -0.4 is 10.5 Å². The zero-order valence-electron chi connectivity index (χ0n) is 12.9. The lowest BCUT2D eigenvalue weighted by atomic mass is 10.3. The van der Waals surface area contributed by atoms with Crippen molar-refractivity contribution in [2.24, 2.45) is 5.73 Å². The summed E-state index contributed by atoms with van der Waals surface area (Å²) in [5.41, 5.74) is 8.41. The molecule has 5 nitrogen and oxygen atoms in total. The molecule has 6 heteroatoms. The number of ether oxygens (including phenoxy) is 1. The minimum absolute atomic E-state index is 0.372. The highest BCUT2D eigenvalue weighted by Gasteiger charge is 2.13. The van der Waals surface area contributed by atoms with E-state index in [2.05, 4.69) is 9.97 Å². The van der Waals surface area contributed by atoms with Gasteiger partial charge in [0.15, 0.2) is 5.65 Å². The molecule has 1 aromatic carbocycles. The number of pyridine rings is 1. The molecule has 0 saturated carbocycles. The van der Waals surface area contributed by atoms with Crippen LogP contribution in [0.2, 0.25) is 0 Å². The van der Waals surface area contributed by atoms with Gasteiger partial charge in [0, 0.05) is 19.2 Å². The molecular weight excluding hydrogens is 308 g/mol.